The van der Waals surface area contributed by atoms with Gasteiger partial charge in [0.25, 0.3) is 0 Å². The van der Waals surface area contributed by atoms with Crippen LogP contribution >= 0.6 is 0 Å². The smallest absolute Gasteiger partial charge is 0.227 e. The van der Waals surface area contributed by atoms with Crippen molar-refractivity contribution in [2.75, 3.05) is 13.1 Å². The highest BCUT2D eigenvalue weighted by Crippen LogP contribution is 2.25. The Morgan fingerprint density at radius 1 is 1.69 bits per heavy atom. The molecule has 2 rings (SSSR count). The molecule has 4 heteroatoms. The molecule has 0 radical (unpaired) electrons. The molecule has 1 aliphatic heterocycles. The number of hydrogen-bond donors (Lipinski definition) is 2. The van der Waals surface area contributed by atoms with Gasteiger partial charge in [-0.1, -0.05) is 0 Å². The van der Waals surface area contributed by atoms with Gasteiger partial charge in [0.1, 0.15) is 5.76 Å². The van der Waals surface area contributed by atoms with Crippen molar-refractivity contribution in [3.8, 4) is 0 Å². The van der Waals surface area contributed by atoms with Crippen LogP contribution in [-0.4, -0.2) is 19.0 Å². The first-order valence-corrected chi connectivity index (χ1v) is 5.72. The van der Waals surface area contributed by atoms with E-state index in [0.717, 1.165) is 31.7 Å². The highest BCUT2D eigenvalue weighted by Gasteiger charge is 2.34. The molecule has 1 unspecified atom stereocenters. The molecule has 1 aliphatic rings. The fourth-order valence-electron chi connectivity index (χ4n) is 2.04. The Bertz CT molecular complexity index is 340. The topological polar surface area (TPSA) is 54.3 Å². The van der Waals surface area contributed by atoms with Gasteiger partial charge in [0.2, 0.25) is 5.91 Å². The predicted molar refractivity (Wildman–Crippen MR) is 60.8 cm³/mol. The largest absolute Gasteiger partial charge is 0.467 e. The molecule has 0 aliphatic carbocycles. The molecule has 1 amide bonds. The van der Waals surface area contributed by atoms with E-state index in [-0.39, 0.29) is 11.3 Å². The van der Waals surface area contributed by atoms with E-state index >= 15 is 0 Å². The number of furan rings is 1. The molecule has 0 saturated carbocycles. The number of carbonyl (C=O) groups excluding carboxylic acids is 1. The highest BCUT2D eigenvalue weighted by atomic mass is 16.3. The van der Waals surface area contributed by atoms with Gasteiger partial charge in [-0.3, -0.25) is 4.79 Å². The Hall–Kier alpha value is -1.29. The molecule has 4 nitrogen and oxygen atoms in total. The zero-order valence-corrected chi connectivity index (χ0v) is 9.58. The van der Waals surface area contributed by atoms with Crippen LogP contribution in [-0.2, 0) is 11.3 Å². The molecular formula is C12H18N2O2. The van der Waals surface area contributed by atoms with Gasteiger partial charge in [0.15, 0.2) is 0 Å². The molecule has 0 spiro atoms. The maximum Gasteiger partial charge on any atom is 0.227 e. The lowest BCUT2D eigenvalue weighted by Gasteiger charge is -2.32. The van der Waals surface area contributed by atoms with Crippen LogP contribution < -0.4 is 10.6 Å². The lowest BCUT2D eigenvalue weighted by molar-refractivity contribution is -0.131. The Labute approximate surface area is 95.4 Å². The summed E-state index contributed by atoms with van der Waals surface area (Å²) in [5.74, 6) is 0.900. The molecular weight excluding hydrogens is 204 g/mol. The lowest BCUT2D eigenvalue weighted by atomic mass is 9.82. The summed E-state index contributed by atoms with van der Waals surface area (Å²) in [7, 11) is 0. The average molecular weight is 222 g/mol. The second-order valence-corrected chi connectivity index (χ2v) is 4.60. The second-order valence-electron chi connectivity index (χ2n) is 4.60. The normalized spacial score (nSPS) is 25.3. The van der Waals surface area contributed by atoms with Crippen molar-refractivity contribution in [2.24, 2.45) is 5.41 Å². The first-order chi connectivity index (χ1) is 7.71. The highest BCUT2D eigenvalue weighted by molar-refractivity contribution is 5.82. The van der Waals surface area contributed by atoms with E-state index in [9.17, 15) is 4.79 Å². The van der Waals surface area contributed by atoms with Gasteiger partial charge >= 0.3 is 0 Å². The molecule has 1 aromatic rings. The summed E-state index contributed by atoms with van der Waals surface area (Å²) >= 11 is 0. The van der Waals surface area contributed by atoms with Gasteiger partial charge in [0, 0.05) is 6.54 Å². The maximum absolute atomic E-state index is 12.0. The van der Waals surface area contributed by atoms with E-state index in [4.69, 9.17) is 4.42 Å². The number of piperidine rings is 1. The minimum Gasteiger partial charge on any atom is -0.467 e. The molecule has 2 heterocycles. The van der Waals surface area contributed by atoms with E-state index in [2.05, 4.69) is 10.6 Å². The van der Waals surface area contributed by atoms with Crippen molar-refractivity contribution in [3.05, 3.63) is 24.2 Å². The summed E-state index contributed by atoms with van der Waals surface area (Å²) in [5, 5.41) is 6.19. The van der Waals surface area contributed by atoms with Crippen molar-refractivity contribution in [1.82, 2.24) is 10.6 Å². The van der Waals surface area contributed by atoms with Crippen LogP contribution in [0.5, 0.6) is 0 Å². The van der Waals surface area contributed by atoms with Gasteiger partial charge in [-0.05, 0) is 38.4 Å². The molecule has 1 aromatic heterocycles. The summed E-state index contributed by atoms with van der Waals surface area (Å²) in [5.41, 5.74) is -0.273. The number of carbonyl (C=O) groups is 1. The summed E-state index contributed by atoms with van der Waals surface area (Å²) in [6.07, 6.45) is 3.63. The fourth-order valence-corrected chi connectivity index (χ4v) is 2.04. The van der Waals surface area contributed by atoms with Crippen LogP contribution in [0.3, 0.4) is 0 Å². The lowest BCUT2D eigenvalue weighted by Crippen LogP contribution is -2.48. The Kier molecular flexibility index (Phi) is 3.29. The molecule has 0 aromatic carbocycles. The maximum atomic E-state index is 12.0. The van der Waals surface area contributed by atoms with Crippen molar-refractivity contribution in [1.29, 1.82) is 0 Å². The zero-order valence-electron chi connectivity index (χ0n) is 9.58. The van der Waals surface area contributed by atoms with Crippen LogP contribution in [0.4, 0.5) is 0 Å². The van der Waals surface area contributed by atoms with Crippen molar-refractivity contribution < 1.29 is 9.21 Å². The van der Waals surface area contributed by atoms with E-state index in [1.165, 1.54) is 0 Å². The van der Waals surface area contributed by atoms with Gasteiger partial charge in [-0.2, -0.15) is 0 Å². The third kappa shape index (κ3) is 2.44. The third-order valence-electron chi connectivity index (χ3n) is 3.15. The predicted octanol–water partition coefficient (Wildman–Crippen LogP) is 1.29. The molecule has 88 valence electrons. The second kappa shape index (κ2) is 4.70. The molecule has 1 atom stereocenters. The van der Waals surface area contributed by atoms with E-state index < -0.39 is 0 Å². The van der Waals surface area contributed by atoms with Gasteiger partial charge in [-0.25, -0.2) is 0 Å². The quantitative estimate of drug-likeness (QED) is 0.810. The summed E-state index contributed by atoms with van der Waals surface area (Å²) < 4.78 is 5.17. The first-order valence-electron chi connectivity index (χ1n) is 5.72. The summed E-state index contributed by atoms with van der Waals surface area (Å²) in [6.45, 7) is 4.26. The van der Waals surface area contributed by atoms with E-state index in [1.807, 2.05) is 19.1 Å². The molecule has 2 N–H and O–H groups in total. The number of rotatable bonds is 3. The Morgan fingerprint density at radius 2 is 2.56 bits per heavy atom. The summed E-state index contributed by atoms with van der Waals surface area (Å²) in [4.78, 5) is 12.0. The molecule has 1 fully saturated rings. The zero-order chi connectivity index (χ0) is 11.4. The number of hydrogen-bond acceptors (Lipinski definition) is 3. The average Bonchev–Trinajstić information content (AvgIpc) is 2.79. The van der Waals surface area contributed by atoms with Crippen LogP contribution in [0.25, 0.3) is 0 Å². The Morgan fingerprint density at radius 3 is 3.19 bits per heavy atom. The minimum atomic E-state index is -0.273. The van der Waals surface area contributed by atoms with Crippen LogP contribution in [0.15, 0.2) is 22.8 Å². The van der Waals surface area contributed by atoms with Crippen LogP contribution in [0.1, 0.15) is 25.5 Å². The standard InChI is InChI=1S/C12H18N2O2/c1-12(5-3-6-13-9-12)11(15)14-8-10-4-2-7-16-10/h2,4,7,13H,3,5-6,8-9H2,1H3,(H,14,15). The van der Waals surface area contributed by atoms with Crippen molar-refractivity contribution >= 4 is 5.91 Å². The van der Waals surface area contributed by atoms with Crippen molar-refractivity contribution in [3.63, 3.8) is 0 Å². The first kappa shape index (κ1) is 11.2. The van der Waals surface area contributed by atoms with Gasteiger partial charge in [0.05, 0.1) is 18.2 Å². The van der Waals surface area contributed by atoms with Crippen LogP contribution in [0.2, 0.25) is 0 Å². The third-order valence-corrected chi connectivity index (χ3v) is 3.15. The molecule has 0 bridgehead atoms. The van der Waals surface area contributed by atoms with Gasteiger partial charge < -0.3 is 15.1 Å². The minimum absolute atomic E-state index is 0.108. The van der Waals surface area contributed by atoms with E-state index in [0.29, 0.717) is 6.54 Å². The monoisotopic (exact) mass is 222 g/mol. The molecule has 1 saturated heterocycles. The van der Waals surface area contributed by atoms with E-state index in [1.54, 1.807) is 6.26 Å². The number of nitrogens with one attached hydrogen (secondary N) is 2. The molecule has 16 heavy (non-hydrogen) atoms. The Balaban J connectivity index is 1.87. The van der Waals surface area contributed by atoms with Gasteiger partial charge in [-0.15, -0.1) is 0 Å². The summed E-state index contributed by atoms with van der Waals surface area (Å²) in [6, 6.07) is 3.69. The number of amides is 1. The SMILES string of the molecule is CC1(C(=O)NCc2ccco2)CCCNC1. The van der Waals surface area contributed by atoms with Crippen LogP contribution in [0, 0.1) is 5.41 Å². The fraction of sp³-hybridized carbons (Fsp3) is 0.583. The van der Waals surface area contributed by atoms with Crippen molar-refractivity contribution in [2.45, 2.75) is 26.3 Å².